The van der Waals surface area contributed by atoms with E-state index in [1.165, 1.54) is 25.7 Å². The van der Waals surface area contributed by atoms with Crippen molar-refractivity contribution in [2.75, 3.05) is 32.9 Å². The van der Waals surface area contributed by atoms with Gasteiger partial charge in [-0.3, -0.25) is 9.69 Å². The maximum Gasteiger partial charge on any atom is 0.305 e. The molecular weight excluding hydrogens is 622 g/mol. The third-order valence-corrected chi connectivity index (χ3v) is 16.9. The van der Waals surface area contributed by atoms with Crippen LogP contribution in [0.25, 0.3) is 0 Å². The molecule has 0 bridgehead atoms. The van der Waals surface area contributed by atoms with E-state index in [1.54, 1.807) is 20.8 Å². The zero-order valence-corrected chi connectivity index (χ0v) is 31.5. The number of nitrogens with zero attached hydrogens (tertiary/aromatic N) is 1. The van der Waals surface area contributed by atoms with E-state index in [9.17, 15) is 15.0 Å². The molecule has 5 saturated carbocycles. The van der Waals surface area contributed by atoms with Gasteiger partial charge in [-0.1, -0.05) is 41.5 Å². The van der Waals surface area contributed by atoms with Crippen molar-refractivity contribution in [3.63, 3.8) is 0 Å². The van der Waals surface area contributed by atoms with Gasteiger partial charge < -0.3 is 33.9 Å². The Labute approximate surface area is 294 Å². The van der Waals surface area contributed by atoms with Crippen LogP contribution in [-0.2, 0) is 28.5 Å². The fraction of sp³-hybridized carbons (Fsp3) is 0.975. The second kappa shape index (κ2) is 11.6. The van der Waals surface area contributed by atoms with Crippen LogP contribution in [0.5, 0.6) is 0 Å². The van der Waals surface area contributed by atoms with E-state index in [0.29, 0.717) is 29.7 Å². The first-order chi connectivity index (χ1) is 23.0. The number of carbonyl (C=O) groups is 1. The third kappa shape index (κ3) is 4.83. The van der Waals surface area contributed by atoms with Crippen LogP contribution >= 0.6 is 0 Å². The van der Waals surface area contributed by atoms with Crippen LogP contribution in [0.4, 0.5) is 0 Å². The van der Waals surface area contributed by atoms with E-state index in [1.807, 2.05) is 0 Å². The van der Waals surface area contributed by atoms with Gasteiger partial charge in [-0.15, -0.1) is 0 Å². The van der Waals surface area contributed by atoms with Crippen molar-refractivity contribution in [2.45, 2.75) is 162 Å². The van der Waals surface area contributed by atoms with Crippen molar-refractivity contribution in [3.05, 3.63) is 0 Å². The summed E-state index contributed by atoms with van der Waals surface area (Å²) in [7, 11) is 0. The van der Waals surface area contributed by atoms with Gasteiger partial charge in [0.05, 0.1) is 62.4 Å². The molecule has 8 rings (SSSR count). The molecule has 3 saturated heterocycles. The summed E-state index contributed by atoms with van der Waals surface area (Å²) in [6, 6.07) is 0.508. The minimum Gasteiger partial charge on any atom is -0.457 e. The maximum absolute atomic E-state index is 12.6. The van der Waals surface area contributed by atoms with Crippen molar-refractivity contribution in [2.24, 2.45) is 50.7 Å². The van der Waals surface area contributed by atoms with Gasteiger partial charge in [-0.05, 0) is 111 Å². The van der Waals surface area contributed by atoms with Gasteiger partial charge in [0, 0.05) is 18.4 Å². The van der Waals surface area contributed by atoms with Crippen LogP contribution in [0, 0.1) is 50.7 Å². The molecule has 0 aromatic carbocycles. The highest BCUT2D eigenvalue weighted by Crippen LogP contribution is 2.89. The molecule has 3 aliphatic heterocycles. The highest BCUT2D eigenvalue weighted by Gasteiger charge is 2.84. The van der Waals surface area contributed by atoms with Gasteiger partial charge in [-0.25, -0.2) is 0 Å². The number of carbonyl (C=O) groups excluding carboxylic acids is 1. The molecule has 5 aliphatic carbocycles. The Balaban J connectivity index is 1.02. The van der Waals surface area contributed by atoms with Gasteiger partial charge in [0.2, 0.25) is 0 Å². The largest absolute Gasteiger partial charge is 0.457 e. The first-order valence-corrected chi connectivity index (χ1v) is 19.9. The lowest BCUT2D eigenvalue weighted by Gasteiger charge is -2.64. The number of rotatable bonds is 7. The van der Waals surface area contributed by atoms with Gasteiger partial charge >= 0.3 is 5.97 Å². The van der Waals surface area contributed by atoms with E-state index in [2.05, 4.69) is 39.5 Å². The molecule has 3 heterocycles. The molecule has 2 spiro atoms. The highest BCUT2D eigenvalue weighted by molar-refractivity contribution is 5.69. The number of aliphatic hydroxyl groups is 2. The number of morpholine rings is 1. The smallest absolute Gasteiger partial charge is 0.305 e. The maximum atomic E-state index is 12.6. The zero-order valence-electron chi connectivity index (χ0n) is 31.5. The van der Waals surface area contributed by atoms with Crippen LogP contribution in [0.2, 0.25) is 0 Å². The van der Waals surface area contributed by atoms with E-state index in [0.717, 1.165) is 52.2 Å². The number of fused-ring (bicyclic) bond motifs is 4. The molecule has 9 heteroatoms. The molecule has 8 aliphatic rings. The number of esters is 1. The Bertz CT molecular complexity index is 1300. The lowest BCUT2D eigenvalue weighted by atomic mass is 9.41. The second-order valence-corrected chi connectivity index (χ2v) is 19.6. The topological polar surface area (TPSA) is 107 Å². The minimum atomic E-state index is -1.25. The first kappa shape index (κ1) is 35.2. The van der Waals surface area contributed by atoms with Crippen molar-refractivity contribution >= 4 is 5.97 Å². The summed E-state index contributed by atoms with van der Waals surface area (Å²) in [4.78, 5) is 15.0. The van der Waals surface area contributed by atoms with Gasteiger partial charge in [0.25, 0.3) is 0 Å². The predicted molar refractivity (Wildman–Crippen MR) is 183 cm³/mol. The van der Waals surface area contributed by atoms with Crippen LogP contribution in [0.15, 0.2) is 0 Å². The summed E-state index contributed by atoms with van der Waals surface area (Å²) in [5, 5.41) is 23.8. The van der Waals surface area contributed by atoms with Gasteiger partial charge in [0.1, 0.15) is 0 Å². The number of hydrogen-bond donors (Lipinski definition) is 2. The SMILES string of the molecule is CCC(=O)O[C@@H](C1C[C@@H](C)[C@H]2C(O1)[C@H](O)[C@@]1(C)C3CC[C@H]4C(C)(C)C(O[C@H]5CN(C6COC6)CCO5)CC[C@@]45C[C@@]35CC[C@]21C)C(C)(C)O. The van der Waals surface area contributed by atoms with E-state index in [4.69, 9.17) is 23.7 Å². The fourth-order valence-electron chi connectivity index (χ4n) is 14.3. The molecule has 0 amide bonds. The highest BCUT2D eigenvalue weighted by atomic mass is 16.7. The molecule has 0 radical (unpaired) electrons. The average Bonchev–Trinajstić information content (AvgIpc) is 3.64. The van der Waals surface area contributed by atoms with E-state index in [-0.39, 0.29) is 64.4 Å². The standard InChI is InChI=1S/C40H65NO8/c1-9-29(42)49-34(36(5,6)44)25-18-23(2)31-32(47-25)33(43)38(8)27-11-10-26-35(3,4)28(48-30-19-41(16-17-46-30)24-20-45-21-24)12-13-39(26)22-40(27,39)15-14-37(31,38)7/h23-28,30-34,43-44H,9-22H2,1-8H3/t23-,25?,26+,27?,28?,30+,31+,32?,33+,34+,37-,38-,39-,40+/m1/s1. The monoisotopic (exact) mass is 687 g/mol. The molecule has 49 heavy (non-hydrogen) atoms. The summed E-state index contributed by atoms with van der Waals surface area (Å²) in [6.45, 7) is 21.5. The predicted octanol–water partition coefficient (Wildman–Crippen LogP) is 5.33. The van der Waals surface area contributed by atoms with Crippen molar-refractivity contribution in [1.82, 2.24) is 4.90 Å². The quantitative estimate of drug-likeness (QED) is 0.344. The summed E-state index contributed by atoms with van der Waals surface area (Å²) in [5.41, 5.74) is -0.949. The Hall–Kier alpha value is -0.810. The van der Waals surface area contributed by atoms with Crippen molar-refractivity contribution in [1.29, 1.82) is 0 Å². The molecule has 0 aromatic rings. The first-order valence-electron chi connectivity index (χ1n) is 19.9. The molecule has 8 fully saturated rings. The van der Waals surface area contributed by atoms with Crippen LogP contribution in [0.1, 0.15) is 113 Å². The van der Waals surface area contributed by atoms with Crippen molar-refractivity contribution in [3.8, 4) is 0 Å². The fourth-order valence-corrected chi connectivity index (χ4v) is 14.3. The molecule has 14 atom stereocenters. The Morgan fingerprint density at radius 3 is 2.43 bits per heavy atom. The summed E-state index contributed by atoms with van der Waals surface area (Å²) >= 11 is 0. The molecular formula is C40H65NO8. The number of ether oxygens (including phenoxy) is 5. The molecule has 9 nitrogen and oxygen atoms in total. The number of hydrogen-bond acceptors (Lipinski definition) is 9. The second-order valence-electron chi connectivity index (χ2n) is 19.6. The molecule has 278 valence electrons. The lowest BCUT2D eigenvalue weighted by Crippen LogP contribution is -2.60. The Kier molecular flexibility index (Phi) is 8.34. The zero-order chi connectivity index (χ0) is 34.9. The Morgan fingerprint density at radius 2 is 1.76 bits per heavy atom. The van der Waals surface area contributed by atoms with Crippen LogP contribution in [0.3, 0.4) is 0 Å². The summed E-state index contributed by atoms with van der Waals surface area (Å²) < 4.78 is 31.3. The summed E-state index contributed by atoms with van der Waals surface area (Å²) in [5.74, 6) is 1.21. The normalized spacial score (nSPS) is 51.3. The minimum absolute atomic E-state index is 0.0504. The van der Waals surface area contributed by atoms with E-state index < -0.39 is 23.9 Å². The van der Waals surface area contributed by atoms with E-state index >= 15 is 0 Å². The Morgan fingerprint density at radius 1 is 1.04 bits per heavy atom. The summed E-state index contributed by atoms with van der Waals surface area (Å²) in [6.07, 6.45) is 7.02. The average molecular weight is 688 g/mol. The van der Waals surface area contributed by atoms with Gasteiger partial charge in [0.15, 0.2) is 12.4 Å². The van der Waals surface area contributed by atoms with Crippen molar-refractivity contribution < 1.29 is 38.7 Å². The lowest BCUT2D eigenvalue weighted by molar-refractivity contribution is -0.256. The third-order valence-electron chi connectivity index (χ3n) is 16.9. The molecule has 0 aromatic heterocycles. The van der Waals surface area contributed by atoms with Crippen LogP contribution in [-0.4, -0.2) is 102 Å². The molecule has 4 unspecified atom stereocenters. The van der Waals surface area contributed by atoms with Gasteiger partial charge in [-0.2, -0.15) is 0 Å². The molecule has 2 N–H and O–H groups in total. The van der Waals surface area contributed by atoms with Crippen LogP contribution < -0.4 is 0 Å². The number of aliphatic hydroxyl groups excluding tert-OH is 1.